The molecule has 3 aromatic rings. The van der Waals surface area contributed by atoms with Crippen molar-refractivity contribution in [1.82, 2.24) is 0 Å². The van der Waals surface area contributed by atoms with E-state index in [0.717, 1.165) is 16.7 Å². The van der Waals surface area contributed by atoms with Crippen LogP contribution in [-0.4, -0.2) is 43.4 Å². The van der Waals surface area contributed by atoms with Gasteiger partial charge in [0, 0.05) is 4.91 Å². The van der Waals surface area contributed by atoms with Gasteiger partial charge in [-0.25, -0.2) is 4.79 Å². The summed E-state index contributed by atoms with van der Waals surface area (Å²) >= 11 is 0. The zero-order chi connectivity index (χ0) is 28.9. The van der Waals surface area contributed by atoms with Crippen LogP contribution in [0.15, 0.2) is 108 Å². The van der Waals surface area contributed by atoms with Gasteiger partial charge in [0.2, 0.25) is 6.29 Å². The third-order valence-corrected chi connectivity index (χ3v) is 6.23. The Labute approximate surface area is 239 Å². The number of hydrogen-bond acceptors (Lipinski definition) is 8. The van der Waals surface area contributed by atoms with Crippen molar-refractivity contribution in [2.24, 2.45) is 5.11 Å². The molecule has 1 aliphatic heterocycles. The van der Waals surface area contributed by atoms with Crippen molar-refractivity contribution in [1.29, 1.82) is 0 Å². The topological polar surface area (TPSA) is 121 Å². The molecular weight excluding hydrogens is 526 g/mol. The van der Waals surface area contributed by atoms with Crippen molar-refractivity contribution in [3.8, 4) is 0 Å². The molecule has 1 fully saturated rings. The maximum atomic E-state index is 12.4. The largest absolute Gasteiger partial charge is 0.515 e. The Morgan fingerprint density at radius 2 is 1.37 bits per heavy atom. The van der Waals surface area contributed by atoms with Crippen LogP contribution in [0.1, 0.15) is 23.6 Å². The van der Waals surface area contributed by atoms with E-state index < -0.39 is 36.8 Å². The highest BCUT2D eigenvalue weighted by Gasteiger charge is 2.49. The number of allylic oxidation sites excluding steroid dienone is 1. The monoisotopic (exact) mass is 559 g/mol. The van der Waals surface area contributed by atoms with Gasteiger partial charge < -0.3 is 28.4 Å². The minimum atomic E-state index is -1.33. The first-order valence-electron chi connectivity index (χ1n) is 13.2. The summed E-state index contributed by atoms with van der Waals surface area (Å²) in [6.45, 7) is 5.90. The van der Waals surface area contributed by atoms with E-state index in [2.05, 4.69) is 16.6 Å². The Morgan fingerprint density at radius 1 is 0.854 bits per heavy atom. The van der Waals surface area contributed by atoms with Crippen LogP contribution in [0.25, 0.3) is 10.4 Å². The van der Waals surface area contributed by atoms with Crippen molar-refractivity contribution in [3.05, 3.63) is 130 Å². The maximum absolute atomic E-state index is 12.4. The molecule has 214 valence electrons. The molecule has 5 atom stereocenters. The second kappa shape index (κ2) is 15.6. The van der Waals surface area contributed by atoms with Gasteiger partial charge in [0.1, 0.15) is 30.1 Å². The molecule has 4 rings (SSSR count). The van der Waals surface area contributed by atoms with Crippen LogP contribution in [-0.2, 0) is 48.2 Å². The Kier molecular flexibility index (Phi) is 11.3. The number of ether oxygens (including phenoxy) is 6. The van der Waals surface area contributed by atoms with Crippen molar-refractivity contribution < 1.29 is 33.2 Å². The quantitative estimate of drug-likeness (QED) is 0.0774. The average Bonchev–Trinajstić information content (AvgIpc) is 2.98. The number of hydrogen-bond donors (Lipinski definition) is 0. The van der Waals surface area contributed by atoms with Gasteiger partial charge in [0.25, 0.3) is 0 Å². The lowest BCUT2D eigenvalue weighted by Crippen LogP contribution is -2.60. The lowest BCUT2D eigenvalue weighted by Gasteiger charge is -2.44. The molecule has 3 aromatic carbocycles. The fourth-order valence-corrected chi connectivity index (χ4v) is 4.36. The van der Waals surface area contributed by atoms with Crippen LogP contribution >= 0.6 is 0 Å². The van der Waals surface area contributed by atoms with E-state index in [1.807, 2.05) is 91.0 Å². The highest BCUT2D eigenvalue weighted by Crippen LogP contribution is 2.31. The zero-order valence-corrected chi connectivity index (χ0v) is 22.8. The molecule has 1 saturated heterocycles. The second-order valence-electron chi connectivity index (χ2n) is 9.43. The van der Waals surface area contributed by atoms with E-state index in [4.69, 9.17) is 28.4 Å². The molecule has 0 bridgehead atoms. The fraction of sp³-hybridized carbons (Fsp3) is 0.323. The van der Waals surface area contributed by atoms with Crippen LogP contribution in [0.3, 0.4) is 0 Å². The molecule has 0 radical (unpaired) electrons. The molecule has 10 nitrogen and oxygen atoms in total. The lowest BCUT2D eigenvalue weighted by atomic mass is 9.96. The molecule has 1 unspecified atom stereocenters. The normalized spacial score (nSPS) is 21.8. The van der Waals surface area contributed by atoms with Crippen LogP contribution in [0.5, 0.6) is 0 Å². The van der Waals surface area contributed by atoms with Gasteiger partial charge in [0.15, 0.2) is 0 Å². The van der Waals surface area contributed by atoms with Gasteiger partial charge in [-0.2, -0.15) is 0 Å². The summed E-state index contributed by atoms with van der Waals surface area (Å²) in [6, 6.07) is 27.8. The minimum absolute atomic E-state index is 0.0813. The van der Waals surface area contributed by atoms with Crippen molar-refractivity contribution in [3.63, 3.8) is 0 Å². The first-order valence-corrected chi connectivity index (χ1v) is 13.2. The van der Waals surface area contributed by atoms with E-state index in [-0.39, 0.29) is 25.6 Å². The van der Waals surface area contributed by atoms with Crippen LogP contribution in [0.4, 0.5) is 4.79 Å². The Bertz CT molecular complexity index is 1290. The van der Waals surface area contributed by atoms with E-state index in [9.17, 15) is 10.3 Å². The average molecular weight is 560 g/mol. The predicted octanol–water partition coefficient (Wildman–Crippen LogP) is 6.46. The predicted molar refractivity (Wildman–Crippen MR) is 150 cm³/mol. The Balaban J connectivity index is 1.61. The first kappa shape index (κ1) is 29.8. The SMILES string of the molecule is C=C(C)OC(=O)OC1O[C@H](COCc2ccccc2)[C@H](OCc2ccccc2)[C@H](OCc2ccccc2)[C@H]1N=[N+]=[N-]. The van der Waals surface area contributed by atoms with Gasteiger partial charge in [-0.1, -0.05) is 103 Å². The highest BCUT2D eigenvalue weighted by molar-refractivity contribution is 5.61. The van der Waals surface area contributed by atoms with E-state index >= 15 is 0 Å². The minimum Gasteiger partial charge on any atom is -0.403 e. The van der Waals surface area contributed by atoms with Crippen molar-refractivity contribution in [2.75, 3.05) is 6.61 Å². The number of benzene rings is 3. The molecule has 0 amide bonds. The molecule has 0 saturated carbocycles. The molecule has 0 spiro atoms. The van der Waals surface area contributed by atoms with Crippen LogP contribution in [0, 0.1) is 0 Å². The number of nitrogens with zero attached hydrogens (tertiary/aromatic N) is 3. The summed E-state index contributed by atoms with van der Waals surface area (Å²) in [6.07, 6.45) is -4.75. The number of carbonyl (C=O) groups excluding carboxylic acids is 1. The summed E-state index contributed by atoms with van der Waals surface area (Å²) in [5.74, 6) is 0.134. The number of rotatable bonds is 13. The van der Waals surface area contributed by atoms with Gasteiger partial charge in [-0.15, -0.1) is 0 Å². The molecule has 0 N–H and O–H groups in total. The molecule has 0 aromatic heterocycles. The van der Waals surface area contributed by atoms with E-state index in [1.165, 1.54) is 6.92 Å². The second-order valence-corrected chi connectivity index (χ2v) is 9.43. The van der Waals surface area contributed by atoms with Gasteiger partial charge >= 0.3 is 6.16 Å². The van der Waals surface area contributed by atoms with Crippen molar-refractivity contribution >= 4 is 6.16 Å². The standard InChI is InChI=1S/C31H33N3O7/c1-22(2)39-31(35)41-30-27(33-34-32)29(38-20-25-16-10-5-11-17-25)28(37-19-24-14-8-4-9-15-24)26(40-30)21-36-18-23-12-6-3-7-13-23/h3-17,26-30H,1,18-21H2,2H3/t26-,27-,28+,29-,30?/m1/s1. The highest BCUT2D eigenvalue weighted by atomic mass is 16.8. The van der Waals surface area contributed by atoms with Gasteiger partial charge in [-0.05, 0) is 29.1 Å². The fourth-order valence-electron chi connectivity index (χ4n) is 4.36. The van der Waals surface area contributed by atoms with E-state index in [0.29, 0.717) is 6.61 Å². The Hall–Kier alpha value is -4.18. The smallest absolute Gasteiger partial charge is 0.403 e. The van der Waals surface area contributed by atoms with Crippen LogP contribution < -0.4 is 0 Å². The molecule has 1 heterocycles. The lowest BCUT2D eigenvalue weighted by molar-refractivity contribution is -0.275. The maximum Gasteiger partial charge on any atom is 0.515 e. The molecular formula is C31H33N3O7. The first-order chi connectivity index (χ1) is 20.0. The Morgan fingerprint density at radius 3 is 1.88 bits per heavy atom. The number of azide groups is 1. The summed E-state index contributed by atoms with van der Waals surface area (Å²) in [5.41, 5.74) is 12.3. The molecule has 0 aliphatic carbocycles. The van der Waals surface area contributed by atoms with E-state index in [1.54, 1.807) is 0 Å². The third-order valence-electron chi connectivity index (χ3n) is 6.23. The van der Waals surface area contributed by atoms with Crippen LogP contribution in [0.2, 0.25) is 0 Å². The van der Waals surface area contributed by atoms with Crippen molar-refractivity contribution in [2.45, 2.75) is 57.4 Å². The molecule has 41 heavy (non-hydrogen) atoms. The summed E-state index contributed by atoms with van der Waals surface area (Å²) in [7, 11) is 0. The molecule has 1 aliphatic rings. The summed E-state index contributed by atoms with van der Waals surface area (Å²) in [4.78, 5) is 15.4. The van der Waals surface area contributed by atoms with Gasteiger partial charge in [-0.3, -0.25) is 0 Å². The third kappa shape index (κ3) is 9.18. The molecule has 10 heteroatoms. The zero-order valence-electron chi connectivity index (χ0n) is 22.8. The summed E-state index contributed by atoms with van der Waals surface area (Å²) < 4.78 is 35.4. The summed E-state index contributed by atoms with van der Waals surface area (Å²) in [5, 5.41) is 3.91. The number of carbonyl (C=O) groups is 1. The van der Waals surface area contributed by atoms with Gasteiger partial charge in [0.05, 0.1) is 26.4 Å².